The van der Waals surface area contributed by atoms with Gasteiger partial charge in [0.15, 0.2) is 6.67 Å². The van der Waals surface area contributed by atoms with Crippen molar-refractivity contribution in [1.29, 1.82) is 5.26 Å². The van der Waals surface area contributed by atoms with Crippen molar-refractivity contribution in [3.05, 3.63) is 47.7 Å². The Bertz CT molecular complexity index is 972. The van der Waals surface area contributed by atoms with E-state index in [1.54, 1.807) is 0 Å². The average molecular weight is 383 g/mol. The van der Waals surface area contributed by atoms with Crippen LogP contribution < -0.4 is 9.04 Å². The number of hydrogen-bond donors (Lipinski definition) is 0. The first-order valence-electron chi connectivity index (χ1n) is 7.39. The van der Waals surface area contributed by atoms with Gasteiger partial charge in [0, 0.05) is 11.8 Å². The summed E-state index contributed by atoms with van der Waals surface area (Å²) in [6.07, 6.45) is 1.25. The van der Waals surface area contributed by atoms with Crippen LogP contribution >= 0.6 is 0 Å². The topological polar surface area (TPSA) is 83.3 Å². The lowest BCUT2D eigenvalue weighted by Gasteiger charge is -2.29. The first-order chi connectivity index (χ1) is 12.3. The zero-order chi connectivity index (χ0) is 18.9. The Balaban J connectivity index is 2.01. The number of pyridine rings is 1. The summed E-state index contributed by atoms with van der Waals surface area (Å²) in [5, 5.41) is 8.97. The maximum Gasteiger partial charge on any atom is 0.301 e. The first kappa shape index (κ1) is 18.0. The molecule has 1 aliphatic heterocycles. The van der Waals surface area contributed by atoms with Gasteiger partial charge in [-0.2, -0.15) is 14.0 Å². The number of ether oxygens (including phenoxy) is 1. The molecule has 0 amide bonds. The molecule has 2 aromatic rings. The second-order valence-corrected chi connectivity index (χ2v) is 7.31. The number of rotatable bonds is 4. The number of sulfonamides is 1. The van der Waals surface area contributed by atoms with Crippen LogP contribution in [-0.2, 0) is 15.9 Å². The molecule has 0 saturated heterocycles. The molecule has 136 valence electrons. The summed E-state index contributed by atoms with van der Waals surface area (Å²) in [4.78, 5) is 3.67. The summed E-state index contributed by atoms with van der Waals surface area (Å²) in [5.41, 5.74) is -0.379. The highest BCUT2D eigenvalue weighted by Gasteiger charge is 2.34. The molecule has 6 nitrogen and oxygen atoms in total. The van der Waals surface area contributed by atoms with Gasteiger partial charge < -0.3 is 4.74 Å². The number of alkyl halides is 3. The average Bonchev–Trinajstić information content (AvgIpc) is 2.67. The van der Waals surface area contributed by atoms with Crippen LogP contribution in [0.15, 0.2) is 41.4 Å². The van der Waals surface area contributed by atoms with Crippen molar-refractivity contribution >= 4 is 15.7 Å². The van der Waals surface area contributed by atoms with E-state index < -0.39 is 28.2 Å². The Labute approximate surface area is 147 Å². The molecule has 0 N–H and O–H groups in total. The largest absolute Gasteiger partial charge is 0.474 e. The Kier molecular flexibility index (Phi) is 4.50. The van der Waals surface area contributed by atoms with Crippen LogP contribution in [0.2, 0.25) is 0 Å². The van der Waals surface area contributed by atoms with Crippen LogP contribution in [0.5, 0.6) is 5.88 Å². The molecule has 0 saturated carbocycles. The van der Waals surface area contributed by atoms with E-state index in [9.17, 15) is 21.6 Å². The number of fused-ring (bicyclic) bond motifs is 1. The second kappa shape index (κ2) is 6.49. The van der Waals surface area contributed by atoms with Gasteiger partial charge in [0.1, 0.15) is 18.4 Å². The molecule has 2 heterocycles. The van der Waals surface area contributed by atoms with E-state index in [0.717, 1.165) is 28.6 Å². The van der Waals surface area contributed by atoms with E-state index in [2.05, 4.69) is 4.98 Å². The molecule has 0 radical (unpaired) electrons. The summed E-state index contributed by atoms with van der Waals surface area (Å²) in [5.74, 6) is -3.63. The number of nitrogens with zero attached hydrogens (tertiary/aromatic N) is 3. The molecule has 0 bridgehead atoms. The third kappa shape index (κ3) is 3.06. The number of benzene rings is 1. The van der Waals surface area contributed by atoms with Crippen LogP contribution in [0.1, 0.15) is 11.1 Å². The van der Waals surface area contributed by atoms with Gasteiger partial charge in [-0.1, -0.05) is 12.1 Å². The molecule has 1 aromatic heterocycles. The summed E-state index contributed by atoms with van der Waals surface area (Å²) >= 11 is 0. The fraction of sp³-hybridized carbons (Fsp3) is 0.250. The van der Waals surface area contributed by atoms with Crippen LogP contribution in [0.4, 0.5) is 18.9 Å². The summed E-state index contributed by atoms with van der Waals surface area (Å²) in [6, 6.07) is 6.91. The Morgan fingerprint density at radius 3 is 2.62 bits per heavy atom. The molecule has 10 heteroatoms. The zero-order valence-corrected chi connectivity index (χ0v) is 14.0. The minimum atomic E-state index is -4.10. The van der Waals surface area contributed by atoms with Crippen molar-refractivity contribution in [2.45, 2.75) is 10.8 Å². The predicted molar refractivity (Wildman–Crippen MR) is 85.3 cm³/mol. The minimum Gasteiger partial charge on any atom is -0.474 e. The van der Waals surface area contributed by atoms with Crippen LogP contribution in [0.3, 0.4) is 0 Å². The number of hydrogen-bond acceptors (Lipinski definition) is 5. The van der Waals surface area contributed by atoms with Crippen molar-refractivity contribution in [2.75, 3.05) is 24.1 Å². The lowest BCUT2D eigenvalue weighted by atomic mass is 10.1. The molecule has 0 spiro atoms. The smallest absolute Gasteiger partial charge is 0.301 e. The lowest BCUT2D eigenvalue weighted by Crippen LogP contribution is -2.38. The molecule has 3 rings (SSSR count). The van der Waals surface area contributed by atoms with E-state index in [1.165, 1.54) is 12.3 Å². The highest BCUT2D eigenvalue weighted by atomic mass is 32.2. The third-order valence-electron chi connectivity index (χ3n) is 3.80. The van der Waals surface area contributed by atoms with Crippen molar-refractivity contribution in [3.8, 4) is 11.9 Å². The van der Waals surface area contributed by atoms with Gasteiger partial charge in [-0.05, 0) is 18.2 Å². The maximum atomic E-state index is 13.4. The van der Waals surface area contributed by atoms with Crippen molar-refractivity contribution in [1.82, 2.24) is 4.98 Å². The predicted octanol–water partition coefficient (Wildman–Crippen LogP) is 2.60. The van der Waals surface area contributed by atoms with Gasteiger partial charge in [-0.3, -0.25) is 4.31 Å². The van der Waals surface area contributed by atoms with Gasteiger partial charge in [0.05, 0.1) is 17.0 Å². The standard InChI is InChI=1S/C16H12F3N3O3S/c17-10-16(18,19)12-1-3-13(4-2-12)26(23,24)22-5-6-25-15-14(22)7-11(8-20)9-21-15/h1-4,7,9H,5-6,10H2. The zero-order valence-electron chi connectivity index (χ0n) is 13.2. The Morgan fingerprint density at radius 2 is 2.00 bits per heavy atom. The Hall–Kier alpha value is -2.80. The number of nitriles is 1. The molecule has 0 aliphatic carbocycles. The summed E-state index contributed by atoms with van der Waals surface area (Å²) in [7, 11) is -4.10. The van der Waals surface area contributed by atoms with E-state index >= 15 is 0 Å². The fourth-order valence-electron chi connectivity index (χ4n) is 2.46. The fourth-order valence-corrected chi connectivity index (χ4v) is 3.90. The van der Waals surface area contributed by atoms with Crippen molar-refractivity contribution in [3.63, 3.8) is 0 Å². The normalized spacial score (nSPS) is 14.3. The summed E-state index contributed by atoms with van der Waals surface area (Å²) < 4.78 is 71.2. The van der Waals surface area contributed by atoms with E-state index in [0.29, 0.717) is 0 Å². The van der Waals surface area contributed by atoms with Gasteiger partial charge >= 0.3 is 5.92 Å². The number of anilines is 1. The molecule has 0 atom stereocenters. The molecule has 26 heavy (non-hydrogen) atoms. The van der Waals surface area contributed by atoms with Gasteiger partial charge in [-0.25, -0.2) is 17.8 Å². The van der Waals surface area contributed by atoms with Gasteiger partial charge in [-0.15, -0.1) is 0 Å². The molecular formula is C16H12F3N3O3S. The van der Waals surface area contributed by atoms with Gasteiger partial charge in [0.2, 0.25) is 5.88 Å². The van der Waals surface area contributed by atoms with Crippen LogP contribution in [0.25, 0.3) is 0 Å². The van der Waals surface area contributed by atoms with Crippen LogP contribution in [0, 0.1) is 11.3 Å². The maximum absolute atomic E-state index is 13.4. The summed E-state index contributed by atoms with van der Waals surface area (Å²) in [6.45, 7) is -1.87. The minimum absolute atomic E-state index is 0.0334. The number of halogens is 3. The monoisotopic (exact) mass is 383 g/mol. The van der Waals surface area contributed by atoms with Crippen LogP contribution in [-0.4, -0.2) is 33.2 Å². The lowest BCUT2D eigenvalue weighted by molar-refractivity contribution is -0.0281. The second-order valence-electron chi connectivity index (χ2n) is 5.45. The molecule has 0 unspecified atom stereocenters. The molecule has 1 aliphatic rings. The van der Waals surface area contributed by atoms with E-state index in [4.69, 9.17) is 10.00 Å². The molecular weight excluding hydrogens is 371 g/mol. The first-order valence-corrected chi connectivity index (χ1v) is 8.83. The quantitative estimate of drug-likeness (QED) is 0.810. The highest BCUT2D eigenvalue weighted by Crippen LogP contribution is 2.35. The van der Waals surface area contributed by atoms with E-state index in [-0.39, 0.29) is 35.2 Å². The van der Waals surface area contributed by atoms with E-state index in [1.807, 2.05) is 6.07 Å². The molecule has 1 aromatic carbocycles. The van der Waals surface area contributed by atoms with Crippen molar-refractivity contribution in [2.24, 2.45) is 0 Å². The number of aromatic nitrogens is 1. The SMILES string of the molecule is N#Cc1cnc2c(c1)N(S(=O)(=O)c1ccc(C(F)(F)CF)cc1)CCO2. The highest BCUT2D eigenvalue weighted by molar-refractivity contribution is 7.92. The molecule has 0 fully saturated rings. The van der Waals surface area contributed by atoms with Crippen molar-refractivity contribution < 1.29 is 26.3 Å². The Morgan fingerprint density at radius 1 is 1.31 bits per heavy atom. The third-order valence-corrected chi connectivity index (χ3v) is 5.62. The van der Waals surface area contributed by atoms with Gasteiger partial charge in [0.25, 0.3) is 10.0 Å².